The molecule has 0 atom stereocenters. The number of fused-ring (bicyclic) bond motifs is 1. The van der Waals surface area contributed by atoms with Crippen LogP contribution in [0.3, 0.4) is 0 Å². The van der Waals surface area contributed by atoms with Gasteiger partial charge in [0.1, 0.15) is 11.6 Å². The second-order valence-electron chi connectivity index (χ2n) is 5.39. The molecule has 0 aliphatic carbocycles. The average Bonchev–Trinajstić information content (AvgIpc) is 2.65. The van der Waals surface area contributed by atoms with Crippen molar-refractivity contribution in [2.75, 3.05) is 10.6 Å². The molecule has 0 amide bonds. The van der Waals surface area contributed by atoms with Gasteiger partial charge in [-0.15, -0.1) is 0 Å². The number of nitrogens with zero attached hydrogens (tertiary/aromatic N) is 4. The summed E-state index contributed by atoms with van der Waals surface area (Å²) in [5, 5.41) is 6.09. The number of benzene rings is 2. The quantitative estimate of drug-likeness (QED) is 0.575. The lowest BCUT2D eigenvalue weighted by molar-refractivity contribution is 0.627. The Morgan fingerprint density at radius 2 is 1.23 bits per heavy atom. The second-order valence-corrected chi connectivity index (χ2v) is 5.39. The third kappa shape index (κ3) is 3.39. The highest BCUT2D eigenvalue weighted by molar-refractivity contribution is 5.85. The van der Waals surface area contributed by atoms with Crippen molar-refractivity contribution in [3.8, 4) is 0 Å². The van der Waals surface area contributed by atoms with Crippen molar-refractivity contribution >= 4 is 34.3 Å². The van der Waals surface area contributed by atoms with Gasteiger partial charge in [0.2, 0.25) is 5.95 Å². The maximum Gasteiger partial charge on any atom is 0.231 e. The number of aromatic nitrogens is 4. The van der Waals surface area contributed by atoms with Gasteiger partial charge in [-0.2, -0.15) is 9.97 Å². The minimum Gasteiger partial charge on any atom is -0.338 e. The van der Waals surface area contributed by atoms with Gasteiger partial charge in [-0.25, -0.2) is 18.7 Å². The first-order chi connectivity index (χ1) is 12.7. The van der Waals surface area contributed by atoms with E-state index in [1.165, 1.54) is 36.7 Å². The third-order valence-electron chi connectivity index (χ3n) is 3.54. The molecule has 0 bridgehead atoms. The monoisotopic (exact) mass is 350 g/mol. The van der Waals surface area contributed by atoms with Gasteiger partial charge in [-0.05, 0) is 48.5 Å². The van der Waals surface area contributed by atoms with Crippen molar-refractivity contribution < 1.29 is 8.78 Å². The van der Waals surface area contributed by atoms with E-state index in [-0.39, 0.29) is 17.6 Å². The molecule has 2 N–H and O–H groups in total. The second kappa shape index (κ2) is 6.67. The molecule has 4 aromatic rings. The van der Waals surface area contributed by atoms with Crippen LogP contribution < -0.4 is 10.6 Å². The number of hydrogen-bond donors (Lipinski definition) is 2. The van der Waals surface area contributed by atoms with Gasteiger partial charge >= 0.3 is 0 Å². The van der Waals surface area contributed by atoms with Crippen LogP contribution in [0.4, 0.5) is 31.9 Å². The molecule has 0 fully saturated rings. The summed E-state index contributed by atoms with van der Waals surface area (Å²) in [4.78, 5) is 17.2. The van der Waals surface area contributed by atoms with E-state index in [1.54, 1.807) is 24.3 Å². The van der Waals surface area contributed by atoms with Crippen molar-refractivity contribution in [3.05, 3.63) is 72.6 Å². The number of anilines is 4. The number of halogens is 2. The zero-order valence-corrected chi connectivity index (χ0v) is 13.3. The van der Waals surface area contributed by atoms with Gasteiger partial charge in [-0.3, -0.25) is 0 Å². The van der Waals surface area contributed by atoms with Gasteiger partial charge in [0.25, 0.3) is 0 Å². The highest BCUT2D eigenvalue weighted by Gasteiger charge is 2.11. The normalized spacial score (nSPS) is 10.7. The predicted molar refractivity (Wildman–Crippen MR) is 94.5 cm³/mol. The van der Waals surface area contributed by atoms with Crippen LogP contribution in [-0.2, 0) is 0 Å². The fraction of sp³-hybridized carbons (Fsp3) is 0. The summed E-state index contributed by atoms with van der Waals surface area (Å²) in [6, 6.07) is 11.7. The molecule has 0 unspecified atom stereocenters. The van der Waals surface area contributed by atoms with Gasteiger partial charge in [-0.1, -0.05) is 0 Å². The molecule has 6 nitrogen and oxygen atoms in total. The molecule has 4 rings (SSSR count). The van der Waals surface area contributed by atoms with Crippen molar-refractivity contribution in [1.29, 1.82) is 0 Å². The van der Waals surface area contributed by atoms with Gasteiger partial charge < -0.3 is 10.6 Å². The molecular formula is C18H12F2N6. The molecule has 8 heteroatoms. The highest BCUT2D eigenvalue weighted by atomic mass is 19.1. The lowest BCUT2D eigenvalue weighted by Gasteiger charge is -2.11. The SMILES string of the molecule is Fc1ccc(Nc2nc(Nc3ccc(F)cc3)c3nccnc3n2)cc1. The van der Waals surface area contributed by atoms with E-state index in [0.717, 1.165) is 0 Å². The predicted octanol–water partition coefficient (Wildman–Crippen LogP) is 4.19. The van der Waals surface area contributed by atoms with Gasteiger partial charge in [0.15, 0.2) is 17.0 Å². The van der Waals surface area contributed by atoms with E-state index >= 15 is 0 Å². The smallest absolute Gasteiger partial charge is 0.231 e. The van der Waals surface area contributed by atoms with Crippen molar-refractivity contribution in [2.24, 2.45) is 0 Å². The average molecular weight is 350 g/mol. The Morgan fingerprint density at radius 3 is 1.88 bits per heavy atom. The number of rotatable bonds is 4. The molecule has 0 aliphatic heterocycles. The maximum atomic E-state index is 13.1. The van der Waals surface area contributed by atoms with E-state index < -0.39 is 0 Å². The summed E-state index contributed by atoms with van der Waals surface area (Å²) in [6.07, 6.45) is 3.06. The molecule has 0 radical (unpaired) electrons. The third-order valence-corrected chi connectivity index (χ3v) is 3.54. The number of nitrogens with one attached hydrogen (secondary N) is 2. The topological polar surface area (TPSA) is 75.6 Å². The fourth-order valence-corrected chi connectivity index (χ4v) is 2.34. The van der Waals surface area contributed by atoms with E-state index in [9.17, 15) is 8.78 Å². The lowest BCUT2D eigenvalue weighted by atomic mass is 10.3. The Morgan fingerprint density at radius 1 is 0.654 bits per heavy atom. The van der Waals surface area contributed by atoms with Gasteiger partial charge in [0.05, 0.1) is 0 Å². The molecule has 26 heavy (non-hydrogen) atoms. The molecule has 2 aromatic carbocycles. The molecule has 2 heterocycles. The first-order valence-corrected chi connectivity index (χ1v) is 7.71. The van der Waals surface area contributed by atoms with Crippen molar-refractivity contribution in [2.45, 2.75) is 0 Å². The first kappa shape index (κ1) is 15.8. The Hall–Kier alpha value is -3.68. The molecule has 0 spiro atoms. The van der Waals surface area contributed by atoms with Gasteiger partial charge in [0, 0.05) is 23.8 Å². The fourth-order valence-electron chi connectivity index (χ4n) is 2.34. The summed E-state index contributed by atoms with van der Waals surface area (Å²) in [7, 11) is 0. The Balaban J connectivity index is 1.72. The van der Waals surface area contributed by atoms with Crippen LogP contribution in [0.1, 0.15) is 0 Å². The Labute approximate surface area is 147 Å². The van der Waals surface area contributed by atoms with E-state index in [2.05, 4.69) is 30.6 Å². The van der Waals surface area contributed by atoms with E-state index in [1.807, 2.05) is 0 Å². The Kier molecular flexibility index (Phi) is 4.06. The van der Waals surface area contributed by atoms with E-state index in [0.29, 0.717) is 28.4 Å². The van der Waals surface area contributed by atoms with Crippen LogP contribution in [0.2, 0.25) is 0 Å². The van der Waals surface area contributed by atoms with Crippen LogP contribution in [-0.4, -0.2) is 19.9 Å². The number of hydrogen-bond acceptors (Lipinski definition) is 6. The van der Waals surface area contributed by atoms with Crippen LogP contribution in [0.25, 0.3) is 11.2 Å². The zero-order valence-electron chi connectivity index (χ0n) is 13.3. The zero-order chi connectivity index (χ0) is 17.9. The molecular weight excluding hydrogens is 338 g/mol. The standard InChI is InChI=1S/C18H12F2N6/c19-11-1-5-13(6-2-11)23-17-15-16(22-10-9-21-15)25-18(26-17)24-14-7-3-12(20)4-8-14/h1-10H,(H2,22,23,24,25,26). The summed E-state index contributed by atoms with van der Waals surface area (Å²) >= 11 is 0. The molecule has 128 valence electrons. The first-order valence-electron chi connectivity index (χ1n) is 7.71. The summed E-state index contributed by atoms with van der Waals surface area (Å²) in [5.74, 6) is 0.0228. The largest absolute Gasteiger partial charge is 0.338 e. The molecule has 0 saturated carbocycles. The van der Waals surface area contributed by atoms with Crippen LogP contribution in [0, 0.1) is 11.6 Å². The molecule has 2 aromatic heterocycles. The van der Waals surface area contributed by atoms with Crippen LogP contribution in [0.5, 0.6) is 0 Å². The Bertz CT molecular complexity index is 1050. The molecule has 0 saturated heterocycles. The van der Waals surface area contributed by atoms with Crippen LogP contribution >= 0.6 is 0 Å². The van der Waals surface area contributed by atoms with E-state index in [4.69, 9.17) is 0 Å². The minimum atomic E-state index is -0.334. The summed E-state index contributed by atoms with van der Waals surface area (Å²) in [6.45, 7) is 0. The van der Waals surface area contributed by atoms with Crippen molar-refractivity contribution in [1.82, 2.24) is 19.9 Å². The summed E-state index contributed by atoms with van der Waals surface area (Å²) < 4.78 is 26.2. The highest BCUT2D eigenvalue weighted by Crippen LogP contribution is 2.24. The maximum absolute atomic E-state index is 13.1. The van der Waals surface area contributed by atoms with Crippen LogP contribution in [0.15, 0.2) is 60.9 Å². The summed E-state index contributed by atoms with van der Waals surface area (Å²) in [5.41, 5.74) is 2.13. The lowest BCUT2D eigenvalue weighted by Crippen LogP contribution is -2.04. The molecule has 0 aliphatic rings. The van der Waals surface area contributed by atoms with Crippen molar-refractivity contribution in [3.63, 3.8) is 0 Å². The minimum absolute atomic E-state index is 0.272.